The Morgan fingerprint density at radius 2 is 2.07 bits per heavy atom. The zero-order valence-electron chi connectivity index (χ0n) is 16.7. The largest absolute Gasteiger partial charge is 0.425 e. The lowest BCUT2D eigenvalue weighted by molar-refractivity contribution is 0.0686. The van der Waals surface area contributed by atoms with Gasteiger partial charge in [-0.05, 0) is 44.7 Å². The summed E-state index contributed by atoms with van der Waals surface area (Å²) >= 11 is 0. The molecule has 2 aromatic heterocycles. The Morgan fingerprint density at radius 3 is 2.68 bits per heavy atom. The van der Waals surface area contributed by atoms with E-state index in [1.54, 1.807) is 17.1 Å². The normalized spacial score (nSPS) is 24.9. The van der Waals surface area contributed by atoms with E-state index >= 15 is 0 Å². The van der Waals surface area contributed by atoms with Gasteiger partial charge >= 0.3 is 0 Å². The van der Waals surface area contributed by atoms with Gasteiger partial charge in [-0.3, -0.25) is 4.79 Å². The van der Waals surface area contributed by atoms with Gasteiger partial charge in [0, 0.05) is 39.0 Å². The average Bonchev–Trinajstić information content (AvgIpc) is 3.06. The third-order valence-electron chi connectivity index (χ3n) is 6.88. The first-order valence-electron chi connectivity index (χ1n) is 10.3. The summed E-state index contributed by atoms with van der Waals surface area (Å²) in [5.74, 6) is 2.34. The molecule has 1 unspecified atom stereocenters. The molecule has 2 saturated heterocycles. The number of carbonyl (C=O) groups excluding carboxylic acids is 1. The molecular formula is C20H28N6O2. The maximum absolute atomic E-state index is 13.1. The van der Waals surface area contributed by atoms with E-state index in [1.807, 2.05) is 18.9 Å². The highest BCUT2D eigenvalue weighted by Gasteiger charge is 2.52. The Kier molecular flexibility index (Phi) is 4.26. The van der Waals surface area contributed by atoms with Crippen LogP contribution >= 0.6 is 0 Å². The smallest absolute Gasteiger partial charge is 0.272 e. The number of rotatable bonds is 4. The minimum absolute atomic E-state index is 0.0211. The molecule has 8 heteroatoms. The van der Waals surface area contributed by atoms with Crippen molar-refractivity contribution in [3.8, 4) is 0 Å². The number of aromatic nitrogens is 4. The number of imidazole rings is 1. The first-order valence-corrected chi connectivity index (χ1v) is 10.3. The standard InChI is InChI=1S/C20H28N6O2/c1-14-22-23-18(28-14)16-11-26(19(27)17-9-21-13-24(17)2)12-20(16)5-7-25(8-6-20)10-15-3-4-15/h9,13,15-16H,3-8,10-12H2,1-2H3. The summed E-state index contributed by atoms with van der Waals surface area (Å²) in [5, 5.41) is 8.40. The minimum atomic E-state index is 0.0211. The van der Waals surface area contributed by atoms with Crippen LogP contribution in [-0.4, -0.2) is 68.2 Å². The van der Waals surface area contributed by atoms with E-state index in [0.29, 0.717) is 24.0 Å². The van der Waals surface area contributed by atoms with Crippen molar-refractivity contribution in [2.45, 2.75) is 38.5 Å². The van der Waals surface area contributed by atoms with E-state index in [9.17, 15) is 4.79 Å². The first kappa shape index (κ1) is 17.8. The number of hydrogen-bond acceptors (Lipinski definition) is 6. The molecule has 3 aliphatic rings. The Bertz CT molecular complexity index is 862. The molecule has 8 nitrogen and oxygen atoms in total. The summed E-state index contributed by atoms with van der Waals surface area (Å²) in [7, 11) is 1.86. The first-order chi connectivity index (χ1) is 13.5. The van der Waals surface area contributed by atoms with E-state index in [0.717, 1.165) is 38.4 Å². The monoisotopic (exact) mass is 384 g/mol. The molecule has 0 radical (unpaired) electrons. The quantitative estimate of drug-likeness (QED) is 0.800. The maximum atomic E-state index is 13.1. The highest BCUT2D eigenvalue weighted by molar-refractivity contribution is 5.92. The third-order valence-corrected chi connectivity index (χ3v) is 6.88. The second kappa shape index (κ2) is 6.69. The lowest BCUT2D eigenvalue weighted by atomic mass is 9.70. The molecule has 2 aliphatic heterocycles. The van der Waals surface area contributed by atoms with Gasteiger partial charge in [0.2, 0.25) is 11.8 Å². The van der Waals surface area contributed by atoms with E-state index in [2.05, 4.69) is 20.1 Å². The number of amides is 1. The highest BCUT2D eigenvalue weighted by Crippen LogP contribution is 2.50. The minimum Gasteiger partial charge on any atom is -0.425 e. The molecular weight excluding hydrogens is 356 g/mol. The predicted octanol–water partition coefficient (Wildman–Crippen LogP) is 1.84. The van der Waals surface area contributed by atoms with Crippen molar-refractivity contribution in [3.63, 3.8) is 0 Å². The zero-order valence-corrected chi connectivity index (χ0v) is 16.7. The maximum Gasteiger partial charge on any atom is 0.272 e. The van der Waals surface area contributed by atoms with Crippen LogP contribution in [0.25, 0.3) is 0 Å². The van der Waals surface area contributed by atoms with Gasteiger partial charge < -0.3 is 18.8 Å². The van der Waals surface area contributed by atoms with Crippen molar-refractivity contribution in [2.75, 3.05) is 32.7 Å². The second-order valence-electron chi connectivity index (χ2n) is 8.89. The fourth-order valence-corrected chi connectivity index (χ4v) is 4.99. The molecule has 4 heterocycles. The summed E-state index contributed by atoms with van der Waals surface area (Å²) < 4.78 is 7.64. The fourth-order valence-electron chi connectivity index (χ4n) is 4.99. The van der Waals surface area contributed by atoms with Crippen LogP contribution in [0.4, 0.5) is 0 Å². The SMILES string of the molecule is Cc1nnc(C2CN(C(=O)c3cncn3C)CC23CCN(CC2CC2)CC3)o1. The van der Waals surface area contributed by atoms with Crippen molar-refractivity contribution in [1.29, 1.82) is 0 Å². The van der Waals surface area contributed by atoms with Crippen LogP contribution in [0.3, 0.4) is 0 Å². The Hall–Kier alpha value is -2.22. The van der Waals surface area contributed by atoms with Gasteiger partial charge in [0.15, 0.2) is 0 Å². The summed E-state index contributed by atoms with van der Waals surface area (Å²) in [4.78, 5) is 21.8. The molecule has 2 aromatic rings. The van der Waals surface area contributed by atoms with Gasteiger partial charge in [0.25, 0.3) is 5.91 Å². The molecule has 0 bridgehead atoms. The molecule has 1 aliphatic carbocycles. The third kappa shape index (κ3) is 3.13. The molecule has 3 fully saturated rings. The molecule has 5 rings (SSSR count). The van der Waals surface area contributed by atoms with Gasteiger partial charge in [0.1, 0.15) is 5.69 Å². The zero-order chi connectivity index (χ0) is 19.3. The van der Waals surface area contributed by atoms with E-state index in [4.69, 9.17) is 4.42 Å². The van der Waals surface area contributed by atoms with Gasteiger partial charge in [-0.15, -0.1) is 10.2 Å². The van der Waals surface area contributed by atoms with Crippen molar-refractivity contribution >= 4 is 5.91 Å². The predicted molar refractivity (Wildman–Crippen MR) is 102 cm³/mol. The van der Waals surface area contributed by atoms with Crippen molar-refractivity contribution in [3.05, 3.63) is 30.0 Å². The summed E-state index contributed by atoms with van der Waals surface area (Å²) in [5.41, 5.74) is 0.650. The molecule has 1 atom stereocenters. The fraction of sp³-hybridized carbons (Fsp3) is 0.700. The summed E-state index contributed by atoms with van der Waals surface area (Å²) in [6.07, 6.45) is 8.24. The van der Waals surface area contributed by atoms with Gasteiger partial charge in [0.05, 0.1) is 18.4 Å². The molecule has 0 N–H and O–H groups in total. The summed E-state index contributed by atoms with van der Waals surface area (Å²) in [6, 6.07) is 0. The van der Waals surface area contributed by atoms with Crippen LogP contribution in [0.15, 0.2) is 16.9 Å². The molecule has 1 saturated carbocycles. The second-order valence-corrected chi connectivity index (χ2v) is 8.89. The lowest BCUT2D eigenvalue weighted by Gasteiger charge is -2.41. The van der Waals surface area contributed by atoms with E-state index < -0.39 is 0 Å². The molecule has 150 valence electrons. The number of nitrogens with zero attached hydrogens (tertiary/aromatic N) is 6. The Morgan fingerprint density at radius 1 is 1.29 bits per heavy atom. The van der Waals surface area contributed by atoms with E-state index in [1.165, 1.54) is 19.4 Å². The van der Waals surface area contributed by atoms with Crippen LogP contribution in [0.5, 0.6) is 0 Å². The van der Waals surface area contributed by atoms with Crippen LogP contribution in [0, 0.1) is 18.3 Å². The van der Waals surface area contributed by atoms with Gasteiger partial charge in [-0.1, -0.05) is 0 Å². The number of piperidine rings is 1. The molecule has 1 spiro atoms. The Labute approximate surface area is 164 Å². The number of likely N-dealkylation sites (tertiary alicyclic amines) is 2. The average molecular weight is 384 g/mol. The van der Waals surface area contributed by atoms with Crippen molar-refractivity contribution in [1.82, 2.24) is 29.5 Å². The van der Waals surface area contributed by atoms with Crippen LogP contribution in [0.1, 0.15) is 53.9 Å². The molecule has 28 heavy (non-hydrogen) atoms. The van der Waals surface area contributed by atoms with Crippen LogP contribution in [0.2, 0.25) is 0 Å². The van der Waals surface area contributed by atoms with Crippen molar-refractivity contribution in [2.24, 2.45) is 18.4 Å². The lowest BCUT2D eigenvalue weighted by Crippen LogP contribution is -2.44. The topological polar surface area (TPSA) is 80.3 Å². The van der Waals surface area contributed by atoms with E-state index in [-0.39, 0.29) is 17.2 Å². The number of aryl methyl sites for hydroxylation is 2. The number of carbonyl (C=O) groups is 1. The highest BCUT2D eigenvalue weighted by atomic mass is 16.4. The Balaban J connectivity index is 1.39. The van der Waals surface area contributed by atoms with Crippen LogP contribution in [-0.2, 0) is 7.05 Å². The van der Waals surface area contributed by atoms with Crippen molar-refractivity contribution < 1.29 is 9.21 Å². The number of hydrogen-bond donors (Lipinski definition) is 0. The molecule has 0 aromatic carbocycles. The van der Waals surface area contributed by atoms with Crippen LogP contribution < -0.4 is 0 Å². The molecule has 1 amide bonds. The summed E-state index contributed by atoms with van der Waals surface area (Å²) in [6.45, 7) is 6.63. The van der Waals surface area contributed by atoms with Gasteiger partial charge in [-0.2, -0.15) is 0 Å². The van der Waals surface area contributed by atoms with Gasteiger partial charge in [-0.25, -0.2) is 4.98 Å².